The number of ether oxygens (including phenoxy) is 1. The van der Waals surface area contributed by atoms with Crippen LogP contribution in [0.5, 0.6) is 0 Å². The average molecular weight is 236 g/mol. The number of esters is 1. The second kappa shape index (κ2) is 3.84. The van der Waals surface area contributed by atoms with E-state index in [0.29, 0.717) is 10.9 Å². The van der Waals surface area contributed by atoms with Crippen molar-refractivity contribution in [2.24, 2.45) is 0 Å². The number of hydrogen-bond donors (Lipinski definition) is 1. The molecular weight excluding hydrogens is 223 g/mol. The first-order valence-corrected chi connectivity index (χ1v) is 5.23. The molecule has 0 saturated carbocycles. The Kier molecular flexibility index (Phi) is 2.61. The third kappa shape index (κ3) is 2.27. The highest BCUT2D eigenvalue weighted by Gasteiger charge is 2.21. The Morgan fingerprint density at radius 2 is 2.12 bits per heavy atom. The van der Waals surface area contributed by atoms with Gasteiger partial charge >= 0.3 is 5.97 Å². The number of nitrogens with zero attached hydrogens (tertiary/aromatic N) is 1. The number of halogens is 1. The number of fused-ring (bicyclic) bond motifs is 1. The fraction of sp³-hybridized carbons (Fsp3) is 0.333. The summed E-state index contributed by atoms with van der Waals surface area (Å²) in [6.45, 7) is 5.34. The SMILES string of the molecule is CC(C)(C)OC(=O)c1ccc(F)c2[nH]ncc12. The summed E-state index contributed by atoms with van der Waals surface area (Å²) in [4.78, 5) is 11.9. The molecule has 5 heteroatoms. The van der Waals surface area contributed by atoms with E-state index in [1.807, 2.05) is 0 Å². The van der Waals surface area contributed by atoms with Crippen molar-refractivity contribution in [3.05, 3.63) is 29.7 Å². The topological polar surface area (TPSA) is 55.0 Å². The lowest BCUT2D eigenvalue weighted by molar-refractivity contribution is 0.00718. The van der Waals surface area contributed by atoms with E-state index in [9.17, 15) is 9.18 Å². The van der Waals surface area contributed by atoms with E-state index >= 15 is 0 Å². The van der Waals surface area contributed by atoms with Crippen LogP contribution in [0, 0.1) is 5.82 Å². The fourth-order valence-electron chi connectivity index (χ4n) is 1.51. The van der Waals surface area contributed by atoms with Gasteiger partial charge in [0.1, 0.15) is 16.9 Å². The molecule has 0 atom stereocenters. The fourth-order valence-corrected chi connectivity index (χ4v) is 1.51. The summed E-state index contributed by atoms with van der Waals surface area (Å²) in [6.07, 6.45) is 1.41. The highest BCUT2D eigenvalue weighted by atomic mass is 19.1. The van der Waals surface area contributed by atoms with Crippen molar-refractivity contribution in [2.45, 2.75) is 26.4 Å². The molecule has 0 spiro atoms. The van der Waals surface area contributed by atoms with Gasteiger partial charge in [0.15, 0.2) is 0 Å². The van der Waals surface area contributed by atoms with Crippen molar-refractivity contribution in [1.29, 1.82) is 0 Å². The van der Waals surface area contributed by atoms with E-state index in [4.69, 9.17) is 4.74 Å². The summed E-state index contributed by atoms with van der Waals surface area (Å²) < 4.78 is 18.6. The highest BCUT2D eigenvalue weighted by Crippen LogP contribution is 2.22. The van der Waals surface area contributed by atoms with Gasteiger partial charge in [0.25, 0.3) is 0 Å². The van der Waals surface area contributed by atoms with Crippen molar-refractivity contribution in [2.75, 3.05) is 0 Å². The average Bonchev–Trinajstić information content (AvgIpc) is 2.64. The third-order valence-electron chi connectivity index (χ3n) is 2.18. The van der Waals surface area contributed by atoms with Crippen LogP contribution in [0.3, 0.4) is 0 Å². The smallest absolute Gasteiger partial charge is 0.339 e. The maximum Gasteiger partial charge on any atom is 0.339 e. The second-order valence-corrected chi connectivity index (χ2v) is 4.76. The van der Waals surface area contributed by atoms with E-state index in [1.165, 1.54) is 18.3 Å². The van der Waals surface area contributed by atoms with Crippen LogP contribution in [0.2, 0.25) is 0 Å². The van der Waals surface area contributed by atoms with Gasteiger partial charge in [-0.2, -0.15) is 5.10 Å². The van der Waals surface area contributed by atoms with E-state index in [2.05, 4.69) is 10.2 Å². The molecule has 17 heavy (non-hydrogen) atoms. The zero-order valence-electron chi connectivity index (χ0n) is 9.87. The molecule has 2 rings (SSSR count). The largest absolute Gasteiger partial charge is 0.456 e. The Labute approximate surface area is 97.8 Å². The monoisotopic (exact) mass is 236 g/mol. The Bertz CT molecular complexity index is 569. The zero-order chi connectivity index (χ0) is 12.6. The number of aromatic nitrogens is 2. The van der Waals surface area contributed by atoms with Crippen molar-refractivity contribution in [3.63, 3.8) is 0 Å². The summed E-state index contributed by atoms with van der Waals surface area (Å²) in [5, 5.41) is 6.67. The maximum absolute atomic E-state index is 13.4. The molecule has 0 aliphatic carbocycles. The molecule has 0 bridgehead atoms. The van der Waals surface area contributed by atoms with Gasteiger partial charge in [-0.3, -0.25) is 5.10 Å². The second-order valence-electron chi connectivity index (χ2n) is 4.76. The molecule has 1 N–H and O–H groups in total. The summed E-state index contributed by atoms with van der Waals surface area (Å²) in [5.74, 6) is -0.922. The molecule has 0 saturated heterocycles. The zero-order valence-corrected chi connectivity index (χ0v) is 9.87. The van der Waals surface area contributed by atoms with Crippen LogP contribution in [-0.2, 0) is 4.74 Å². The number of hydrogen-bond acceptors (Lipinski definition) is 3. The number of rotatable bonds is 1. The van der Waals surface area contributed by atoms with Crippen molar-refractivity contribution >= 4 is 16.9 Å². The van der Waals surface area contributed by atoms with Gasteiger partial charge in [-0.05, 0) is 32.9 Å². The quantitative estimate of drug-likeness (QED) is 0.774. The molecule has 2 aromatic rings. The van der Waals surface area contributed by atoms with Crippen LogP contribution in [0.4, 0.5) is 4.39 Å². The number of aromatic amines is 1. The number of H-pyrrole nitrogens is 1. The lowest BCUT2D eigenvalue weighted by Gasteiger charge is -2.19. The third-order valence-corrected chi connectivity index (χ3v) is 2.18. The number of carbonyl (C=O) groups excluding carboxylic acids is 1. The minimum absolute atomic E-state index is 0.216. The van der Waals surface area contributed by atoms with E-state index < -0.39 is 17.4 Å². The Balaban J connectivity index is 2.46. The van der Waals surface area contributed by atoms with Gasteiger partial charge in [-0.25, -0.2) is 9.18 Å². The number of carbonyl (C=O) groups is 1. The normalized spacial score (nSPS) is 11.8. The van der Waals surface area contributed by atoms with Gasteiger partial charge in [0.05, 0.1) is 11.8 Å². The summed E-state index contributed by atoms with van der Waals surface area (Å²) in [7, 11) is 0. The lowest BCUT2D eigenvalue weighted by Crippen LogP contribution is -2.24. The van der Waals surface area contributed by atoms with Crippen molar-refractivity contribution in [1.82, 2.24) is 10.2 Å². The minimum atomic E-state index is -0.582. The first-order chi connectivity index (χ1) is 7.88. The van der Waals surface area contributed by atoms with Gasteiger partial charge in [-0.1, -0.05) is 0 Å². The summed E-state index contributed by atoms with van der Waals surface area (Å²) in [6, 6.07) is 2.63. The standard InChI is InChI=1S/C12H13FN2O2/c1-12(2,3)17-11(16)7-4-5-9(13)10-8(7)6-14-15-10/h4-6H,1-3H3,(H,14,15). The molecule has 1 heterocycles. The van der Waals surface area contributed by atoms with Crippen LogP contribution in [-0.4, -0.2) is 21.8 Å². The molecule has 0 amide bonds. The summed E-state index contributed by atoms with van der Waals surface area (Å²) >= 11 is 0. The Hall–Kier alpha value is -1.91. The van der Waals surface area contributed by atoms with E-state index in [-0.39, 0.29) is 5.52 Å². The molecule has 1 aromatic carbocycles. The van der Waals surface area contributed by atoms with Crippen LogP contribution >= 0.6 is 0 Å². The first-order valence-electron chi connectivity index (χ1n) is 5.23. The van der Waals surface area contributed by atoms with Crippen LogP contribution in [0.25, 0.3) is 10.9 Å². The van der Waals surface area contributed by atoms with Crippen LogP contribution in [0.15, 0.2) is 18.3 Å². The molecule has 90 valence electrons. The Morgan fingerprint density at radius 3 is 2.76 bits per heavy atom. The lowest BCUT2D eigenvalue weighted by atomic mass is 10.1. The molecule has 0 aliphatic rings. The molecule has 0 radical (unpaired) electrons. The number of benzene rings is 1. The van der Waals surface area contributed by atoms with Crippen LogP contribution < -0.4 is 0 Å². The molecular formula is C12H13FN2O2. The first kappa shape index (κ1) is 11.6. The van der Waals surface area contributed by atoms with Gasteiger partial charge < -0.3 is 4.74 Å². The number of nitrogens with one attached hydrogen (secondary N) is 1. The van der Waals surface area contributed by atoms with Crippen molar-refractivity contribution in [3.8, 4) is 0 Å². The molecule has 1 aromatic heterocycles. The highest BCUT2D eigenvalue weighted by molar-refractivity contribution is 6.03. The Morgan fingerprint density at radius 1 is 1.41 bits per heavy atom. The van der Waals surface area contributed by atoms with Gasteiger partial charge in [-0.15, -0.1) is 0 Å². The van der Waals surface area contributed by atoms with Gasteiger partial charge in [0.2, 0.25) is 0 Å². The van der Waals surface area contributed by atoms with E-state index in [1.54, 1.807) is 20.8 Å². The van der Waals surface area contributed by atoms with Gasteiger partial charge in [0, 0.05) is 5.39 Å². The van der Waals surface area contributed by atoms with Crippen LogP contribution in [0.1, 0.15) is 31.1 Å². The molecule has 0 unspecified atom stereocenters. The minimum Gasteiger partial charge on any atom is -0.456 e. The maximum atomic E-state index is 13.4. The molecule has 4 nitrogen and oxygen atoms in total. The van der Waals surface area contributed by atoms with Crippen molar-refractivity contribution < 1.29 is 13.9 Å². The summed E-state index contributed by atoms with van der Waals surface area (Å²) in [5.41, 5.74) is -0.0555. The predicted molar refractivity (Wildman–Crippen MR) is 61.2 cm³/mol. The molecule has 0 fully saturated rings. The molecule has 0 aliphatic heterocycles. The predicted octanol–water partition coefficient (Wildman–Crippen LogP) is 2.66. The van der Waals surface area contributed by atoms with E-state index in [0.717, 1.165) is 0 Å².